The maximum absolute atomic E-state index is 3.49. The molecule has 1 aliphatic heterocycles. The zero-order chi connectivity index (χ0) is 12.6. The summed E-state index contributed by atoms with van der Waals surface area (Å²) < 4.78 is 0. The second-order valence-corrected chi connectivity index (χ2v) is 5.07. The summed E-state index contributed by atoms with van der Waals surface area (Å²) >= 11 is 0. The third kappa shape index (κ3) is 4.53. The lowest BCUT2D eigenvalue weighted by Gasteiger charge is -2.14. The van der Waals surface area contributed by atoms with Crippen molar-refractivity contribution in [2.75, 3.05) is 26.2 Å². The third-order valence-corrected chi connectivity index (χ3v) is 3.44. The van der Waals surface area contributed by atoms with E-state index in [9.17, 15) is 0 Å². The Morgan fingerprint density at radius 2 is 1.94 bits per heavy atom. The van der Waals surface area contributed by atoms with Crippen molar-refractivity contribution in [1.82, 2.24) is 10.2 Å². The Kier molecular flexibility index (Phi) is 5.28. The van der Waals surface area contributed by atoms with Crippen LogP contribution in [0.3, 0.4) is 0 Å². The van der Waals surface area contributed by atoms with Crippen LogP contribution in [0.15, 0.2) is 36.0 Å². The van der Waals surface area contributed by atoms with Gasteiger partial charge in [-0.2, -0.15) is 0 Å². The molecule has 1 aromatic carbocycles. The van der Waals surface area contributed by atoms with E-state index < -0.39 is 0 Å². The zero-order valence-corrected chi connectivity index (χ0v) is 11.4. The molecule has 1 aromatic rings. The highest BCUT2D eigenvalue weighted by molar-refractivity contribution is 5.51. The number of likely N-dealkylation sites (tertiary alicyclic amines) is 1. The molecule has 0 bridgehead atoms. The van der Waals surface area contributed by atoms with Gasteiger partial charge in [-0.3, -0.25) is 0 Å². The van der Waals surface area contributed by atoms with E-state index in [1.54, 1.807) is 0 Å². The highest BCUT2D eigenvalue weighted by Gasteiger charge is 2.09. The summed E-state index contributed by atoms with van der Waals surface area (Å²) in [6, 6.07) is 10.5. The Labute approximate surface area is 111 Å². The van der Waals surface area contributed by atoms with Crippen LogP contribution in [-0.2, 0) is 0 Å². The van der Waals surface area contributed by atoms with Crippen molar-refractivity contribution in [1.29, 1.82) is 0 Å². The third-order valence-electron chi connectivity index (χ3n) is 3.44. The molecule has 1 N–H and O–H groups in total. The van der Waals surface area contributed by atoms with Crippen LogP contribution >= 0.6 is 0 Å². The number of rotatable bonds is 6. The monoisotopic (exact) mass is 244 g/mol. The normalized spacial score (nSPS) is 17.1. The Balaban J connectivity index is 1.65. The minimum Gasteiger partial charge on any atom is -0.389 e. The number of benzene rings is 1. The first-order chi connectivity index (χ1) is 8.84. The summed E-state index contributed by atoms with van der Waals surface area (Å²) in [5.74, 6) is 0. The molecule has 1 aliphatic rings. The van der Waals surface area contributed by atoms with Gasteiger partial charge in [-0.1, -0.05) is 30.3 Å². The fourth-order valence-corrected chi connectivity index (χ4v) is 2.44. The highest BCUT2D eigenvalue weighted by Crippen LogP contribution is 2.07. The van der Waals surface area contributed by atoms with Crippen LogP contribution in [0.5, 0.6) is 0 Å². The van der Waals surface area contributed by atoms with Crippen molar-refractivity contribution >= 4 is 6.08 Å². The van der Waals surface area contributed by atoms with Crippen molar-refractivity contribution in [3.63, 3.8) is 0 Å². The van der Waals surface area contributed by atoms with Gasteiger partial charge in [0.25, 0.3) is 0 Å². The molecule has 1 saturated heterocycles. The molecule has 0 unspecified atom stereocenters. The van der Waals surface area contributed by atoms with Gasteiger partial charge < -0.3 is 10.2 Å². The predicted octanol–water partition coefficient (Wildman–Crippen LogP) is 3.12. The number of nitrogens with one attached hydrogen (secondary N) is 1. The van der Waals surface area contributed by atoms with Crippen molar-refractivity contribution in [2.45, 2.75) is 26.2 Å². The van der Waals surface area contributed by atoms with Crippen LogP contribution in [0.25, 0.3) is 6.08 Å². The van der Waals surface area contributed by atoms with Crippen LogP contribution in [0.1, 0.15) is 31.7 Å². The first-order valence-corrected chi connectivity index (χ1v) is 7.04. The first kappa shape index (κ1) is 13.2. The Hall–Kier alpha value is -1.28. The predicted molar refractivity (Wildman–Crippen MR) is 78.4 cm³/mol. The van der Waals surface area contributed by atoms with Gasteiger partial charge in [0.1, 0.15) is 0 Å². The van der Waals surface area contributed by atoms with Crippen LogP contribution in [-0.4, -0.2) is 31.1 Å². The van der Waals surface area contributed by atoms with E-state index in [0.717, 1.165) is 6.54 Å². The average Bonchev–Trinajstić information content (AvgIpc) is 2.89. The van der Waals surface area contributed by atoms with E-state index in [1.807, 2.05) is 0 Å². The lowest BCUT2D eigenvalue weighted by Crippen LogP contribution is -2.24. The van der Waals surface area contributed by atoms with E-state index in [4.69, 9.17) is 0 Å². The SMILES string of the molecule is C/C(=C\c1ccccc1)NCCCN1CCCC1. The van der Waals surface area contributed by atoms with Crippen LogP contribution < -0.4 is 5.32 Å². The second-order valence-electron chi connectivity index (χ2n) is 5.07. The second kappa shape index (κ2) is 7.22. The molecule has 98 valence electrons. The molecule has 0 aliphatic carbocycles. The highest BCUT2D eigenvalue weighted by atomic mass is 15.1. The first-order valence-electron chi connectivity index (χ1n) is 7.04. The van der Waals surface area contributed by atoms with Crippen molar-refractivity contribution < 1.29 is 0 Å². The van der Waals surface area contributed by atoms with Gasteiger partial charge in [-0.05, 0) is 57.5 Å². The topological polar surface area (TPSA) is 15.3 Å². The lowest BCUT2D eigenvalue weighted by atomic mass is 10.2. The molecule has 0 radical (unpaired) electrons. The fraction of sp³-hybridized carbons (Fsp3) is 0.500. The molecule has 0 aromatic heterocycles. The van der Waals surface area contributed by atoms with Crippen molar-refractivity contribution in [3.05, 3.63) is 41.6 Å². The summed E-state index contributed by atoms with van der Waals surface area (Å²) in [6.07, 6.45) is 6.22. The summed E-state index contributed by atoms with van der Waals surface area (Å²) in [7, 11) is 0. The molecule has 1 heterocycles. The van der Waals surface area contributed by atoms with Crippen molar-refractivity contribution in [3.8, 4) is 0 Å². The summed E-state index contributed by atoms with van der Waals surface area (Å²) in [4.78, 5) is 2.57. The summed E-state index contributed by atoms with van der Waals surface area (Å²) in [6.45, 7) is 7.07. The Morgan fingerprint density at radius 1 is 1.22 bits per heavy atom. The number of hydrogen-bond donors (Lipinski definition) is 1. The van der Waals surface area contributed by atoms with Gasteiger partial charge >= 0.3 is 0 Å². The maximum atomic E-state index is 3.49. The number of allylic oxidation sites excluding steroid dienone is 1. The molecular weight excluding hydrogens is 220 g/mol. The molecule has 0 atom stereocenters. The molecule has 2 rings (SSSR count). The molecule has 0 amide bonds. The molecule has 0 spiro atoms. The smallest absolute Gasteiger partial charge is 0.0156 e. The minimum atomic E-state index is 1.08. The van der Waals surface area contributed by atoms with Gasteiger partial charge in [-0.25, -0.2) is 0 Å². The fourth-order valence-electron chi connectivity index (χ4n) is 2.44. The van der Waals surface area contributed by atoms with Gasteiger partial charge in [-0.15, -0.1) is 0 Å². The van der Waals surface area contributed by atoms with E-state index in [0.29, 0.717) is 0 Å². The van der Waals surface area contributed by atoms with Crippen LogP contribution in [0, 0.1) is 0 Å². The molecule has 2 heteroatoms. The van der Waals surface area contributed by atoms with E-state index in [1.165, 1.54) is 50.2 Å². The van der Waals surface area contributed by atoms with Gasteiger partial charge in [0.15, 0.2) is 0 Å². The van der Waals surface area contributed by atoms with Crippen LogP contribution in [0.2, 0.25) is 0 Å². The van der Waals surface area contributed by atoms with Gasteiger partial charge in [0.2, 0.25) is 0 Å². The van der Waals surface area contributed by atoms with E-state index in [-0.39, 0.29) is 0 Å². The lowest BCUT2D eigenvalue weighted by molar-refractivity contribution is 0.333. The van der Waals surface area contributed by atoms with E-state index >= 15 is 0 Å². The molecule has 18 heavy (non-hydrogen) atoms. The maximum Gasteiger partial charge on any atom is 0.0156 e. The molecular formula is C16H24N2. The molecule has 0 saturated carbocycles. The average molecular weight is 244 g/mol. The van der Waals surface area contributed by atoms with E-state index in [2.05, 4.69) is 53.5 Å². The molecule has 2 nitrogen and oxygen atoms in total. The van der Waals surface area contributed by atoms with Gasteiger partial charge in [0.05, 0.1) is 0 Å². The standard InChI is InChI=1S/C16H24N2/c1-15(14-16-8-3-2-4-9-16)17-10-7-13-18-11-5-6-12-18/h2-4,8-9,14,17H,5-7,10-13H2,1H3/b15-14+. The summed E-state index contributed by atoms with van der Waals surface area (Å²) in [5, 5.41) is 3.49. The number of hydrogen-bond acceptors (Lipinski definition) is 2. The Bertz CT molecular complexity index is 364. The van der Waals surface area contributed by atoms with Gasteiger partial charge in [0, 0.05) is 12.2 Å². The zero-order valence-electron chi connectivity index (χ0n) is 11.4. The minimum absolute atomic E-state index is 1.08. The quantitative estimate of drug-likeness (QED) is 0.773. The number of nitrogens with zero attached hydrogens (tertiary/aromatic N) is 1. The molecule has 1 fully saturated rings. The van der Waals surface area contributed by atoms with Crippen molar-refractivity contribution in [2.24, 2.45) is 0 Å². The largest absolute Gasteiger partial charge is 0.389 e. The van der Waals surface area contributed by atoms with Crippen LogP contribution in [0.4, 0.5) is 0 Å². The summed E-state index contributed by atoms with van der Waals surface area (Å²) in [5.41, 5.74) is 2.52. The Morgan fingerprint density at radius 3 is 2.67 bits per heavy atom.